The summed E-state index contributed by atoms with van der Waals surface area (Å²) in [6.45, 7) is 1.86. The van der Waals surface area contributed by atoms with Crippen molar-refractivity contribution in [3.63, 3.8) is 0 Å². The number of hydrogen-bond donors (Lipinski definition) is 0. The molecule has 4 aromatic rings. The van der Waals surface area contributed by atoms with Gasteiger partial charge >= 0.3 is 11.6 Å². The van der Waals surface area contributed by atoms with Crippen LogP contribution in [0.3, 0.4) is 0 Å². The Labute approximate surface area is 142 Å². The predicted molar refractivity (Wildman–Crippen MR) is 93.9 cm³/mol. The third-order valence-electron chi connectivity index (χ3n) is 3.89. The average molecular weight is 331 g/mol. The lowest BCUT2D eigenvalue weighted by Crippen LogP contribution is -2.18. The van der Waals surface area contributed by atoms with Crippen LogP contribution in [0.4, 0.5) is 0 Å². The molecule has 0 saturated carbocycles. The van der Waals surface area contributed by atoms with E-state index in [0.717, 1.165) is 11.1 Å². The van der Waals surface area contributed by atoms with Crippen LogP contribution in [0, 0.1) is 6.92 Å². The summed E-state index contributed by atoms with van der Waals surface area (Å²) in [6.07, 6.45) is 0. The Morgan fingerprint density at radius 2 is 1.80 bits per heavy atom. The van der Waals surface area contributed by atoms with E-state index in [9.17, 15) is 9.59 Å². The second-order valence-electron chi connectivity index (χ2n) is 5.66. The summed E-state index contributed by atoms with van der Waals surface area (Å²) in [7, 11) is 0. The molecular weight excluding hydrogens is 318 g/mol. The molecule has 0 radical (unpaired) electrons. The van der Waals surface area contributed by atoms with Crippen molar-refractivity contribution in [1.82, 2.24) is 4.98 Å². The zero-order valence-corrected chi connectivity index (χ0v) is 13.4. The van der Waals surface area contributed by atoms with Gasteiger partial charge in [0.15, 0.2) is 5.75 Å². The fourth-order valence-corrected chi connectivity index (χ4v) is 2.66. The van der Waals surface area contributed by atoms with Crippen molar-refractivity contribution in [2.45, 2.75) is 6.92 Å². The normalized spacial score (nSPS) is 10.9. The Hall–Kier alpha value is -3.47. The molecule has 0 saturated heterocycles. The minimum atomic E-state index is -0.768. The van der Waals surface area contributed by atoms with Crippen molar-refractivity contribution in [3.8, 4) is 5.75 Å². The number of carbonyl (C=O) groups excluding carboxylic acids is 1. The first-order chi connectivity index (χ1) is 12.1. The van der Waals surface area contributed by atoms with Gasteiger partial charge < -0.3 is 9.15 Å². The molecule has 0 aliphatic heterocycles. The highest BCUT2D eigenvalue weighted by Crippen LogP contribution is 2.25. The number of rotatable bonds is 2. The van der Waals surface area contributed by atoms with E-state index in [4.69, 9.17) is 9.15 Å². The number of aromatic nitrogens is 1. The molecule has 4 rings (SSSR count). The van der Waals surface area contributed by atoms with E-state index in [1.54, 1.807) is 36.4 Å². The molecule has 2 aromatic carbocycles. The van der Waals surface area contributed by atoms with E-state index >= 15 is 0 Å². The van der Waals surface area contributed by atoms with Gasteiger partial charge in [-0.2, -0.15) is 0 Å². The molecular formula is C20H13NO4. The van der Waals surface area contributed by atoms with Crippen LogP contribution >= 0.6 is 0 Å². The monoisotopic (exact) mass is 331 g/mol. The number of aryl methyl sites for hydroxylation is 1. The first-order valence-corrected chi connectivity index (χ1v) is 7.73. The van der Waals surface area contributed by atoms with E-state index in [0.29, 0.717) is 22.2 Å². The summed E-state index contributed by atoms with van der Waals surface area (Å²) < 4.78 is 10.6. The number of para-hydroxylation sites is 2. The number of nitrogens with zero attached hydrogens (tertiary/aromatic N) is 1. The molecule has 5 heteroatoms. The largest absolute Gasteiger partial charge is 0.422 e. The Morgan fingerprint density at radius 1 is 1.00 bits per heavy atom. The topological polar surface area (TPSA) is 69.4 Å². The zero-order valence-electron chi connectivity index (χ0n) is 13.4. The summed E-state index contributed by atoms with van der Waals surface area (Å²) in [5, 5.41) is 1.50. The lowest BCUT2D eigenvalue weighted by atomic mass is 10.2. The molecule has 0 aliphatic rings. The maximum atomic E-state index is 12.5. The SMILES string of the molecule is Cc1ccc2cccc(OC(=O)c3cc4ccccc4oc3=O)c2n1. The summed E-state index contributed by atoms with van der Waals surface area (Å²) in [4.78, 5) is 29.0. The van der Waals surface area contributed by atoms with E-state index in [1.807, 2.05) is 25.1 Å². The molecule has 2 aromatic heterocycles. The lowest BCUT2D eigenvalue weighted by Gasteiger charge is -2.07. The molecule has 0 spiro atoms. The van der Waals surface area contributed by atoms with Gasteiger partial charge in [-0.3, -0.25) is 0 Å². The van der Waals surface area contributed by atoms with Crippen molar-refractivity contribution in [2.24, 2.45) is 0 Å². The quantitative estimate of drug-likeness (QED) is 0.317. The van der Waals surface area contributed by atoms with Gasteiger partial charge in [-0.05, 0) is 31.2 Å². The summed E-state index contributed by atoms with van der Waals surface area (Å²) >= 11 is 0. The first-order valence-electron chi connectivity index (χ1n) is 7.73. The molecule has 2 heterocycles. The number of carbonyl (C=O) groups is 1. The van der Waals surface area contributed by atoms with Crippen LogP contribution < -0.4 is 10.4 Å². The standard InChI is InChI=1S/C20H13NO4/c1-12-9-10-13-6-4-8-17(18(13)21-12)25-20(23)15-11-14-5-2-3-7-16(14)24-19(15)22/h2-11H,1H3. The van der Waals surface area contributed by atoms with Crippen molar-refractivity contribution in [1.29, 1.82) is 0 Å². The Morgan fingerprint density at radius 3 is 2.68 bits per heavy atom. The molecule has 0 unspecified atom stereocenters. The number of hydrogen-bond acceptors (Lipinski definition) is 5. The molecule has 0 N–H and O–H groups in total. The van der Waals surface area contributed by atoms with Crippen molar-refractivity contribution in [3.05, 3.63) is 82.3 Å². The highest BCUT2D eigenvalue weighted by Gasteiger charge is 2.17. The molecule has 25 heavy (non-hydrogen) atoms. The van der Waals surface area contributed by atoms with Crippen LogP contribution in [0.2, 0.25) is 0 Å². The van der Waals surface area contributed by atoms with E-state index in [-0.39, 0.29) is 5.56 Å². The fourth-order valence-electron chi connectivity index (χ4n) is 2.66. The van der Waals surface area contributed by atoms with Crippen LogP contribution in [0.15, 0.2) is 69.9 Å². The Bertz CT molecular complexity index is 1180. The molecule has 0 bridgehead atoms. The van der Waals surface area contributed by atoms with Crippen LogP contribution in [-0.4, -0.2) is 11.0 Å². The van der Waals surface area contributed by atoms with Gasteiger partial charge in [0.1, 0.15) is 16.7 Å². The van der Waals surface area contributed by atoms with Crippen LogP contribution in [0.1, 0.15) is 16.1 Å². The third kappa shape index (κ3) is 2.76. The minimum absolute atomic E-state index is 0.150. The minimum Gasteiger partial charge on any atom is -0.422 e. The second kappa shape index (κ2) is 5.87. The summed E-state index contributed by atoms with van der Waals surface area (Å²) in [5.74, 6) is -0.464. The predicted octanol–water partition coefficient (Wildman–Crippen LogP) is 3.87. The van der Waals surface area contributed by atoms with Gasteiger partial charge in [0.2, 0.25) is 0 Å². The van der Waals surface area contributed by atoms with Crippen molar-refractivity contribution < 1.29 is 13.9 Å². The average Bonchev–Trinajstić information content (AvgIpc) is 2.61. The van der Waals surface area contributed by atoms with Crippen LogP contribution in [-0.2, 0) is 0 Å². The second-order valence-corrected chi connectivity index (χ2v) is 5.66. The van der Waals surface area contributed by atoms with Crippen molar-refractivity contribution >= 4 is 27.8 Å². The molecule has 0 amide bonds. The lowest BCUT2D eigenvalue weighted by molar-refractivity contribution is 0.0732. The third-order valence-corrected chi connectivity index (χ3v) is 3.89. The van der Waals surface area contributed by atoms with E-state index in [2.05, 4.69) is 4.98 Å². The van der Waals surface area contributed by atoms with Gasteiger partial charge in [-0.15, -0.1) is 0 Å². The van der Waals surface area contributed by atoms with Crippen LogP contribution in [0.5, 0.6) is 5.75 Å². The van der Waals surface area contributed by atoms with Gasteiger partial charge in [-0.1, -0.05) is 36.4 Å². The molecule has 0 aliphatic carbocycles. The van der Waals surface area contributed by atoms with E-state index in [1.165, 1.54) is 6.07 Å². The summed E-state index contributed by atoms with van der Waals surface area (Å²) in [5.41, 5.74) is 0.921. The number of fused-ring (bicyclic) bond motifs is 2. The van der Waals surface area contributed by atoms with Gasteiger partial charge in [0, 0.05) is 16.5 Å². The summed E-state index contributed by atoms with van der Waals surface area (Å²) in [6, 6.07) is 17.5. The first kappa shape index (κ1) is 15.1. The van der Waals surface area contributed by atoms with Gasteiger partial charge in [0.25, 0.3) is 0 Å². The fraction of sp³-hybridized carbons (Fsp3) is 0.0500. The van der Waals surface area contributed by atoms with Gasteiger partial charge in [0.05, 0.1) is 0 Å². The van der Waals surface area contributed by atoms with E-state index < -0.39 is 11.6 Å². The Balaban J connectivity index is 1.77. The molecule has 0 fully saturated rings. The molecule has 5 nitrogen and oxygen atoms in total. The highest BCUT2D eigenvalue weighted by molar-refractivity contribution is 5.96. The van der Waals surface area contributed by atoms with Gasteiger partial charge in [-0.25, -0.2) is 14.6 Å². The maximum Gasteiger partial charge on any atom is 0.351 e. The molecule has 122 valence electrons. The van der Waals surface area contributed by atoms with Crippen molar-refractivity contribution in [2.75, 3.05) is 0 Å². The Kier molecular flexibility index (Phi) is 3.54. The zero-order chi connectivity index (χ0) is 17.4. The highest BCUT2D eigenvalue weighted by atomic mass is 16.5. The number of benzene rings is 2. The number of esters is 1. The van der Waals surface area contributed by atoms with Crippen LogP contribution in [0.25, 0.3) is 21.9 Å². The number of pyridine rings is 1. The smallest absolute Gasteiger partial charge is 0.351 e. The maximum absolute atomic E-state index is 12.5. The molecule has 0 atom stereocenters. The number of ether oxygens (including phenoxy) is 1.